The van der Waals surface area contributed by atoms with Crippen LogP contribution in [0.15, 0.2) is 30.3 Å². The molecule has 184 valence electrons. The highest BCUT2D eigenvalue weighted by Gasteiger charge is 2.24. The van der Waals surface area contributed by atoms with E-state index in [-0.39, 0.29) is 0 Å². The molecule has 4 aromatic rings. The van der Waals surface area contributed by atoms with Gasteiger partial charge >= 0.3 is 0 Å². The second kappa shape index (κ2) is 9.55. The summed E-state index contributed by atoms with van der Waals surface area (Å²) < 4.78 is 14.3. The highest BCUT2D eigenvalue weighted by molar-refractivity contribution is 5.94. The molecule has 0 amide bonds. The number of rotatable bonds is 7. The van der Waals surface area contributed by atoms with Gasteiger partial charge in [-0.15, -0.1) is 0 Å². The number of aromatic amines is 2. The van der Waals surface area contributed by atoms with Gasteiger partial charge in [0.15, 0.2) is 5.82 Å². The molecule has 2 aromatic heterocycles. The molecule has 0 saturated carbocycles. The van der Waals surface area contributed by atoms with E-state index in [4.69, 9.17) is 4.98 Å². The van der Waals surface area contributed by atoms with Gasteiger partial charge in [-0.25, -0.2) is 9.37 Å². The van der Waals surface area contributed by atoms with E-state index < -0.39 is 6.17 Å². The molecule has 35 heavy (non-hydrogen) atoms. The van der Waals surface area contributed by atoms with Gasteiger partial charge in [0.1, 0.15) is 11.9 Å². The summed E-state index contributed by atoms with van der Waals surface area (Å²) in [5, 5.41) is 8.89. The fourth-order valence-electron chi connectivity index (χ4n) is 5.16. The minimum atomic E-state index is -0.857. The van der Waals surface area contributed by atoms with Gasteiger partial charge in [0, 0.05) is 38.0 Å². The predicted octanol–water partition coefficient (Wildman–Crippen LogP) is 5.06. The number of imidazole rings is 1. The first kappa shape index (κ1) is 23.7. The van der Waals surface area contributed by atoms with Gasteiger partial charge in [0.2, 0.25) is 0 Å². The first-order valence-corrected chi connectivity index (χ1v) is 12.5. The lowest BCUT2D eigenvalue weighted by Gasteiger charge is -2.28. The number of aromatic nitrogens is 4. The van der Waals surface area contributed by atoms with E-state index in [1.165, 1.54) is 27.8 Å². The number of H-pyrrole nitrogens is 2. The zero-order valence-electron chi connectivity index (χ0n) is 21.4. The molecule has 0 fully saturated rings. The van der Waals surface area contributed by atoms with Gasteiger partial charge in [-0.3, -0.25) is 10.00 Å². The fraction of sp³-hybridized carbons (Fsp3) is 0.429. The summed E-state index contributed by atoms with van der Waals surface area (Å²) in [5.74, 6) is 0.779. The van der Waals surface area contributed by atoms with Crippen molar-refractivity contribution >= 4 is 10.9 Å². The summed E-state index contributed by atoms with van der Waals surface area (Å²) in [5.41, 5.74) is 10.4. The predicted molar refractivity (Wildman–Crippen MR) is 140 cm³/mol. The largest absolute Gasteiger partial charge is 0.339 e. The molecule has 0 radical (unpaired) electrons. The van der Waals surface area contributed by atoms with E-state index in [1.807, 2.05) is 19.0 Å². The molecule has 6 nitrogen and oxygen atoms in total. The van der Waals surface area contributed by atoms with E-state index in [9.17, 15) is 4.39 Å². The van der Waals surface area contributed by atoms with Crippen LogP contribution in [0, 0.1) is 13.8 Å². The van der Waals surface area contributed by atoms with Crippen LogP contribution in [-0.4, -0.2) is 69.9 Å². The maximum absolute atomic E-state index is 14.3. The maximum atomic E-state index is 14.3. The molecule has 0 bridgehead atoms. The Morgan fingerprint density at radius 1 is 1.14 bits per heavy atom. The third-order valence-corrected chi connectivity index (χ3v) is 7.13. The average molecular weight is 475 g/mol. The van der Waals surface area contributed by atoms with Gasteiger partial charge in [0.25, 0.3) is 0 Å². The lowest BCUT2D eigenvalue weighted by atomic mass is 9.93. The monoisotopic (exact) mass is 474 g/mol. The number of hydrogen-bond acceptors (Lipinski definition) is 4. The van der Waals surface area contributed by atoms with Gasteiger partial charge in [-0.1, -0.05) is 25.1 Å². The minimum absolute atomic E-state index is 0.443. The van der Waals surface area contributed by atoms with Crippen LogP contribution in [0.3, 0.4) is 0 Å². The van der Waals surface area contributed by atoms with Crippen molar-refractivity contribution < 1.29 is 4.39 Å². The molecule has 1 aliphatic heterocycles. The molecule has 2 N–H and O–H groups in total. The Labute approximate surface area is 206 Å². The van der Waals surface area contributed by atoms with E-state index in [2.05, 4.69) is 71.2 Å². The fourth-order valence-corrected chi connectivity index (χ4v) is 5.16. The Balaban J connectivity index is 1.40. The summed E-state index contributed by atoms with van der Waals surface area (Å²) in [6.07, 6.45) is 0.958. The highest BCUT2D eigenvalue weighted by atomic mass is 19.1. The van der Waals surface area contributed by atoms with Crippen molar-refractivity contribution in [2.75, 3.05) is 33.7 Å². The standard InChI is InChI=1S/C28H35FN6/c1-6-19-11-17(2)18(3)12-23(19)20-7-8-22-25(13-20)32-33-27(22)28-30-24-9-10-35(16-26(24)31-28)15-21(29)14-34(4)5/h7-8,11-13,21H,6,9-10,14-16H2,1-5H3,(H,30,31)(H,32,33). The van der Waals surface area contributed by atoms with Crippen LogP contribution in [0.1, 0.15) is 35.0 Å². The molecule has 1 atom stereocenters. The van der Waals surface area contributed by atoms with Crippen LogP contribution >= 0.6 is 0 Å². The highest BCUT2D eigenvalue weighted by Crippen LogP contribution is 2.33. The topological polar surface area (TPSA) is 63.8 Å². The smallest absolute Gasteiger partial charge is 0.159 e. The second-order valence-electron chi connectivity index (χ2n) is 10.1. The van der Waals surface area contributed by atoms with Crippen molar-refractivity contribution in [1.29, 1.82) is 0 Å². The van der Waals surface area contributed by atoms with Crippen LogP contribution in [0.5, 0.6) is 0 Å². The van der Waals surface area contributed by atoms with Crippen LogP contribution in [0.2, 0.25) is 0 Å². The number of aryl methyl sites for hydroxylation is 3. The van der Waals surface area contributed by atoms with Crippen LogP contribution in [-0.2, 0) is 19.4 Å². The third kappa shape index (κ3) is 4.75. The summed E-state index contributed by atoms with van der Waals surface area (Å²) in [6.45, 7) is 8.95. The molecule has 5 rings (SSSR count). The summed E-state index contributed by atoms with van der Waals surface area (Å²) in [4.78, 5) is 12.4. The molecule has 0 spiro atoms. The van der Waals surface area contributed by atoms with Crippen molar-refractivity contribution in [2.45, 2.75) is 46.3 Å². The normalized spacial score (nSPS) is 15.2. The molecule has 2 aromatic carbocycles. The van der Waals surface area contributed by atoms with Gasteiger partial charge < -0.3 is 9.88 Å². The second-order valence-corrected chi connectivity index (χ2v) is 10.1. The first-order valence-electron chi connectivity index (χ1n) is 12.5. The Hall–Kier alpha value is -3.03. The molecule has 0 saturated heterocycles. The van der Waals surface area contributed by atoms with Gasteiger partial charge in [-0.05, 0) is 74.3 Å². The number of nitrogens with one attached hydrogen (secondary N) is 2. The van der Waals surface area contributed by atoms with Crippen molar-refractivity contribution in [2.24, 2.45) is 0 Å². The van der Waals surface area contributed by atoms with E-state index in [0.717, 1.165) is 53.2 Å². The zero-order valence-corrected chi connectivity index (χ0v) is 21.4. The average Bonchev–Trinajstić information content (AvgIpc) is 3.43. The molecule has 7 heteroatoms. The van der Waals surface area contributed by atoms with Crippen molar-refractivity contribution in [3.63, 3.8) is 0 Å². The van der Waals surface area contributed by atoms with E-state index in [1.54, 1.807) is 0 Å². The molecule has 1 aliphatic rings. The number of nitrogens with zero attached hydrogens (tertiary/aromatic N) is 4. The third-order valence-electron chi connectivity index (χ3n) is 7.13. The first-order chi connectivity index (χ1) is 16.8. The quantitative estimate of drug-likeness (QED) is 0.393. The number of fused-ring (bicyclic) bond motifs is 2. The lowest BCUT2D eigenvalue weighted by molar-refractivity contribution is 0.151. The SMILES string of the molecule is CCc1cc(C)c(C)cc1-c1ccc2c(-c3nc4c([nH]3)CN(CC(F)CN(C)C)CC4)n[nH]c2c1. The molecular formula is C28H35FN6. The summed E-state index contributed by atoms with van der Waals surface area (Å²) in [6, 6.07) is 11.1. The molecule has 3 heterocycles. The lowest BCUT2D eigenvalue weighted by Crippen LogP contribution is -2.38. The van der Waals surface area contributed by atoms with E-state index >= 15 is 0 Å². The molecule has 1 unspecified atom stereocenters. The van der Waals surface area contributed by atoms with Gasteiger partial charge in [0.05, 0.1) is 16.9 Å². The van der Waals surface area contributed by atoms with Crippen molar-refractivity contribution in [1.82, 2.24) is 30.0 Å². The number of benzene rings is 2. The maximum Gasteiger partial charge on any atom is 0.159 e. The Bertz CT molecular complexity index is 1350. The van der Waals surface area contributed by atoms with Crippen LogP contribution < -0.4 is 0 Å². The van der Waals surface area contributed by atoms with E-state index in [0.29, 0.717) is 19.6 Å². The molecular weight excluding hydrogens is 439 g/mol. The minimum Gasteiger partial charge on any atom is -0.339 e. The van der Waals surface area contributed by atoms with Crippen molar-refractivity contribution in [3.8, 4) is 22.6 Å². The van der Waals surface area contributed by atoms with Gasteiger partial charge in [-0.2, -0.15) is 5.10 Å². The van der Waals surface area contributed by atoms with Crippen LogP contribution in [0.4, 0.5) is 4.39 Å². The number of hydrogen-bond donors (Lipinski definition) is 2. The van der Waals surface area contributed by atoms with Crippen molar-refractivity contribution in [3.05, 3.63) is 58.4 Å². The Morgan fingerprint density at radius 2 is 1.94 bits per heavy atom. The summed E-state index contributed by atoms with van der Waals surface area (Å²) in [7, 11) is 3.81. The van der Waals surface area contributed by atoms with Crippen LogP contribution in [0.25, 0.3) is 33.5 Å². The zero-order chi connectivity index (χ0) is 24.7. The molecule has 0 aliphatic carbocycles. The number of halogens is 1. The number of alkyl halides is 1. The Morgan fingerprint density at radius 3 is 2.71 bits per heavy atom. The summed E-state index contributed by atoms with van der Waals surface area (Å²) >= 11 is 0. The Kier molecular flexibility index (Phi) is 6.47.